The molecule has 1 heterocycles. The maximum Gasteiger partial charge on any atom is 0.264 e. The SMILES string of the molecule is Cc1ccc(S(=O)(=O)N(CC(=O)NCc2ccccc2CN2CCCC2)c2cccc(Cl)c2C)cc1. The Hall–Kier alpha value is -2.87. The van der Waals surface area contributed by atoms with Crippen LogP contribution in [-0.4, -0.2) is 38.9 Å². The van der Waals surface area contributed by atoms with Crippen molar-refractivity contribution >= 4 is 33.2 Å². The molecule has 0 unspecified atom stereocenters. The zero-order chi connectivity index (χ0) is 25.7. The van der Waals surface area contributed by atoms with E-state index in [1.54, 1.807) is 49.4 Å². The first-order chi connectivity index (χ1) is 17.3. The van der Waals surface area contributed by atoms with Gasteiger partial charge in [0.1, 0.15) is 6.54 Å². The molecule has 0 radical (unpaired) electrons. The number of rotatable bonds is 9. The van der Waals surface area contributed by atoms with Crippen LogP contribution in [0.5, 0.6) is 0 Å². The van der Waals surface area contributed by atoms with E-state index in [1.165, 1.54) is 18.4 Å². The average molecular weight is 526 g/mol. The predicted octanol–water partition coefficient (Wildman–Crippen LogP) is 5.06. The molecular formula is C28H32ClN3O3S. The van der Waals surface area contributed by atoms with Crippen LogP contribution in [-0.2, 0) is 27.9 Å². The van der Waals surface area contributed by atoms with E-state index >= 15 is 0 Å². The Balaban J connectivity index is 1.55. The largest absolute Gasteiger partial charge is 0.350 e. The van der Waals surface area contributed by atoms with Crippen LogP contribution in [0.3, 0.4) is 0 Å². The van der Waals surface area contributed by atoms with E-state index in [1.807, 2.05) is 25.1 Å². The summed E-state index contributed by atoms with van der Waals surface area (Å²) in [7, 11) is -4.00. The molecule has 3 aromatic rings. The second-order valence-corrected chi connectivity index (χ2v) is 11.5. The van der Waals surface area contributed by atoms with Gasteiger partial charge in [-0.3, -0.25) is 14.0 Å². The summed E-state index contributed by atoms with van der Waals surface area (Å²) in [5, 5.41) is 3.37. The summed E-state index contributed by atoms with van der Waals surface area (Å²) in [6, 6.07) is 19.7. The van der Waals surface area contributed by atoms with Crippen molar-refractivity contribution in [3.05, 3.63) is 94.0 Å². The summed E-state index contributed by atoms with van der Waals surface area (Å²) in [6.07, 6.45) is 2.43. The van der Waals surface area contributed by atoms with Crippen LogP contribution in [0.25, 0.3) is 0 Å². The fraction of sp³-hybridized carbons (Fsp3) is 0.321. The molecule has 0 aromatic heterocycles. The Kier molecular flexibility index (Phi) is 8.34. The highest BCUT2D eigenvalue weighted by molar-refractivity contribution is 7.92. The lowest BCUT2D eigenvalue weighted by Gasteiger charge is -2.26. The standard InChI is InChI=1S/C28H32ClN3O3S/c1-21-12-14-25(15-13-21)36(34,35)32(27-11-7-10-26(29)22(27)2)20-28(33)30-18-23-8-3-4-9-24(23)19-31-16-5-6-17-31/h3-4,7-15H,5-6,16-20H2,1-2H3,(H,30,33). The van der Waals surface area contributed by atoms with Crippen molar-refractivity contribution in [3.63, 3.8) is 0 Å². The lowest BCUT2D eigenvalue weighted by Crippen LogP contribution is -2.41. The van der Waals surface area contributed by atoms with Gasteiger partial charge >= 0.3 is 0 Å². The predicted molar refractivity (Wildman–Crippen MR) is 145 cm³/mol. The average Bonchev–Trinajstić information content (AvgIpc) is 3.37. The Morgan fingerprint density at radius 2 is 1.61 bits per heavy atom. The van der Waals surface area contributed by atoms with Gasteiger partial charge in [0.05, 0.1) is 10.6 Å². The monoisotopic (exact) mass is 525 g/mol. The van der Waals surface area contributed by atoms with Gasteiger partial charge in [0.2, 0.25) is 5.91 Å². The van der Waals surface area contributed by atoms with E-state index in [-0.39, 0.29) is 17.3 Å². The van der Waals surface area contributed by atoms with Crippen molar-refractivity contribution in [3.8, 4) is 0 Å². The van der Waals surface area contributed by atoms with E-state index < -0.39 is 10.0 Å². The van der Waals surface area contributed by atoms with E-state index in [0.29, 0.717) is 22.8 Å². The summed E-state index contributed by atoms with van der Waals surface area (Å²) < 4.78 is 28.5. The normalized spacial score (nSPS) is 14.1. The summed E-state index contributed by atoms with van der Waals surface area (Å²) in [5.74, 6) is -0.388. The van der Waals surface area contributed by atoms with Gasteiger partial charge in [0.25, 0.3) is 10.0 Å². The zero-order valence-electron chi connectivity index (χ0n) is 20.7. The molecule has 0 saturated carbocycles. The van der Waals surface area contributed by atoms with Crippen LogP contribution in [0, 0.1) is 13.8 Å². The molecular weight excluding hydrogens is 494 g/mol. The minimum atomic E-state index is -4.00. The number of hydrogen-bond acceptors (Lipinski definition) is 4. The van der Waals surface area contributed by atoms with Crippen LogP contribution >= 0.6 is 11.6 Å². The number of carbonyl (C=O) groups is 1. The number of nitrogens with zero attached hydrogens (tertiary/aromatic N) is 2. The summed E-state index contributed by atoms with van der Waals surface area (Å²) in [4.78, 5) is 15.7. The van der Waals surface area contributed by atoms with Crippen LogP contribution in [0.2, 0.25) is 5.02 Å². The van der Waals surface area contributed by atoms with Gasteiger partial charge in [0, 0.05) is 18.1 Å². The molecule has 0 atom stereocenters. The lowest BCUT2D eigenvalue weighted by molar-refractivity contribution is -0.119. The molecule has 3 aromatic carbocycles. The third-order valence-corrected chi connectivity index (χ3v) is 8.77. The van der Waals surface area contributed by atoms with E-state index in [4.69, 9.17) is 11.6 Å². The Labute approximate surface area is 218 Å². The molecule has 1 aliphatic heterocycles. The summed E-state index contributed by atoms with van der Waals surface area (Å²) >= 11 is 6.31. The lowest BCUT2D eigenvalue weighted by atomic mass is 10.1. The smallest absolute Gasteiger partial charge is 0.264 e. The highest BCUT2D eigenvalue weighted by atomic mass is 35.5. The molecule has 0 spiro atoms. The molecule has 190 valence electrons. The quantitative estimate of drug-likeness (QED) is 0.424. The van der Waals surface area contributed by atoms with Crippen LogP contribution in [0.1, 0.15) is 35.1 Å². The zero-order valence-corrected chi connectivity index (χ0v) is 22.3. The van der Waals surface area contributed by atoms with Gasteiger partial charge in [-0.05, 0) is 80.7 Å². The first-order valence-electron chi connectivity index (χ1n) is 12.2. The first-order valence-corrected chi connectivity index (χ1v) is 14.0. The third kappa shape index (κ3) is 6.09. The fourth-order valence-corrected chi connectivity index (χ4v) is 6.10. The highest BCUT2D eigenvalue weighted by Gasteiger charge is 2.29. The molecule has 1 aliphatic rings. The molecule has 0 bridgehead atoms. The number of likely N-dealkylation sites (tertiary alicyclic amines) is 1. The Morgan fingerprint density at radius 1 is 0.944 bits per heavy atom. The van der Waals surface area contributed by atoms with Crippen molar-refractivity contribution in [2.24, 2.45) is 0 Å². The van der Waals surface area contributed by atoms with Gasteiger partial charge in [-0.2, -0.15) is 0 Å². The highest BCUT2D eigenvalue weighted by Crippen LogP contribution is 2.31. The van der Waals surface area contributed by atoms with Gasteiger partial charge in [0.15, 0.2) is 0 Å². The van der Waals surface area contributed by atoms with Crippen molar-refractivity contribution in [2.45, 2.75) is 44.7 Å². The molecule has 6 nitrogen and oxygen atoms in total. The summed E-state index contributed by atoms with van der Waals surface area (Å²) in [5.41, 5.74) is 4.13. The molecule has 4 rings (SSSR count). The molecule has 8 heteroatoms. The molecule has 0 aliphatic carbocycles. The second-order valence-electron chi connectivity index (χ2n) is 9.24. The molecule has 1 N–H and O–H groups in total. The van der Waals surface area contributed by atoms with Gasteiger partial charge in [-0.15, -0.1) is 0 Å². The third-order valence-electron chi connectivity index (χ3n) is 6.59. The van der Waals surface area contributed by atoms with E-state index in [0.717, 1.165) is 35.1 Å². The number of nitrogens with one attached hydrogen (secondary N) is 1. The first kappa shape index (κ1) is 26.2. The Morgan fingerprint density at radius 3 is 2.31 bits per heavy atom. The van der Waals surface area contributed by atoms with Crippen molar-refractivity contribution in [1.82, 2.24) is 10.2 Å². The number of halogens is 1. The van der Waals surface area contributed by atoms with Crippen molar-refractivity contribution in [2.75, 3.05) is 23.9 Å². The van der Waals surface area contributed by atoms with Crippen LogP contribution in [0.15, 0.2) is 71.6 Å². The number of amides is 1. The minimum Gasteiger partial charge on any atom is -0.350 e. The van der Waals surface area contributed by atoms with Crippen LogP contribution in [0.4, 0.5) is 5.69 Å². The molecule has 1 saturated heterocycles. The topological polar surface area (TPSA) is 69.7 Å². The number of benzene rings is 3. The van der Waals surface area contributed by atoms with Crippen LogP contribution < -0.4 is 9.62 Å². The Bertz CT molecular complexity index is 1320. The van der Waals surface area contributed by atoms with E-state index in [9.17, 15) is 13.2 Å². The second kappa shape index (κ2) is 11.5. The van der Waals surface area contributed by atoms with Gasteiger partial charge in [-0.1, -0.05) is 59.6 Å². The molecule has 1 fully saturated rings. The number of aryl methyl sites for hydroxylation is 1. The molecule has 36 heavy (non-hydrogen) atoms. The van der Waals surface area contributed by atoms with E-state index in [2.05, 4.69) is 16.3 Å². The van der Waals surface area contributed by atoms with Gasteiger partial charge < -0.3 is 5.32 Å². The number of sulfonamides is 1. The number of hydrogen-bond donors (Lipinski definition) is 1. The maximum absolute atomic E-state index is 13.7. The number of carbonyl (C=O) groups excluding carboxylic acids is 1. The maximum atomic E-state index is 13.7. The van der Waals surface area contributed by atoms with Crippen molar-refractivity contribution < 1.29 is 13.2 Å². The number of anilines is 1. The summed E-state index contributed by atoms with van der Waals surface area (Å²) in [6.45, 7) is 6.65. The minimum absolute atomic E-state index is 0.122. The fourth-order valence-electron chi connectivity index (χ4n) is 4.45. The molecule has 1 amide bonds. The van der Waals surface area contributed by atoms with Crippen molar-refractivity contribution in [1.29, 1.82) is 0 Å². The van der Waals surface area contributed by atoms with Gasteiger partial charge in [-0.25, -0.2) is 8.42 Å².